The highest BCUT2D eigenvalue weighted by atomic mass is 35.5. The van der Waals surface area contributed by atoms with Gasteiger partial charge in [0.25, 0.3) is 11.7 Å². The molecule has 2 aromatic rings. The van der Waals surface area contributed by atoms with Gasteiger partial charge >= 0.3 is 0 Å². The molecule has 3 rings (SSSR count). The Hall–Kier alpha value is -1.72. The van der Waals surface area contributed by atoms with Gasteiger partial charge in [-0.3, -0.25) is 4.79 Å². The number of carbonyl (C=O) groups is 1. The molecule has 0 spiro atoms. The monoisotopic (exact) mass is 462 g/mol. The molecule has 1 N–H and O–H groups in total. The molecule has 1 amide bonds. The zero-order chi connectivity index (χ0) is 21.0. The third-order valence-electron chi connectivity index (χ3n) is 4.15. The first-order chi connectivity index (χ1) is 13.8. The predicted molar refractivity (Wildman–Crippen MR) is 107 cm³/mol. The van der Waals surface area contributed by atoms with Gasteiger partial charge in [0.15, 0.2) is 0 Å². The lowest BCUT2D eigenvalue weighted by Crippen LogP contribution is -2.40. The maximum absolute atomic E-state index is 12.8. The van der Waals surface area contributed by atoms with Gasteiger partial charge in [0.2, 0.25) is 10.0 Å². The molecule has 156 valence electrons. The van der Waals surface area contributed by atoms with Crippen LogP contribution in [-0.2, 0) is 14.8 Å². The minimum atomic E-state index is -3.67. The SMILES string of the molecule is O=C(Nc1cccc(Cl)c1SC(F)F)c1ccc(S(=O)(=O)N2CCOCC2)cc1. The molecule has 0 aromatic heterocycles. The Kier molecular flexibility index (Phi) is 7.12. The highest BCUT2D eigenvalue weighted by Crippen LogP contribution is 2.37. The Morgan fingerprint density at radius 2 is 1.79 bits per heavy atom. The molecule has 0 saturated carbocycles. The molecule has 1 heterocycles. The second-order valence-electron chi connectivity index (χ2n) is 5.99. The van der Waals surface area contributed by atoms with Crippen LogP contribution in [0.2, 0.25) is 5.02 Å². The fourth-order valence-corrected chi connectivity index (χ4v) is 5.05. The molecular weight excluding hydrogens is 446 g/mol. The zero-order valence-corrected chi connectivity index (χ0v) is 17.4. The van der Waals surface area contributed by atoms with E-state index < -0.39 is 21.7 Å². The number of amides is 1. The number of carbonyl (C=O) groups excluding carboxylic acids is 1. The number of ether oxygens (including phenoxy) is 1. The maximum Gasteiger partial charge on any atom is 0.289 e. The number of hydrogen-bond acceptors (Lipinski definition) is 5. The average molecular weight is 463 g/mol. The molecule has 0 unspecified atom stereocenters. The van der Waals surface area contributed by atoms with Crippen LogP contribution < -0.4 is 5.32 Å². The summed E-state index contributed by atoms with van der Waals surface area (Å²) in [5.74, 6) is -3.27. The second kappa shape index (κ2) is 9.40. The summed E-state index contributed by atoms with van der Waals surface area (Å²) in [5.41, 5.74) is 0.330. The first-order valence-corrected chi connectivity index (χ1v) is 11.2. The molecule has 0 atom stereocenters. The fourth-order valence-electron chi connectivity index (χ4n) is 2.72. The third kappa shape index (κ3) is 5.26. The van der Waals surface area contributed by atoms with Crippen molar-refractivity contribution in [2.75, 3.05) is 31.6 Å². The van der Waals surface area contributed by atoms with Crippen LogP contribution in [0.1, 0.15) is 10.4 Å². The number of halogens is 3. The summed E-state index contributed by atoms with van der Waals surface area (Å²) >= 11 is 6.20. The standard InChI is InChI=1S/C18H17ClF2N2O4S2/c19-14-2-1-3-15(16(14)28-18(20)21)22-17(24)12-4-6-13(7-5-12)29(25,26)23-8-10-27-11-9-23/h1-7,18H,8-11H2,(H,22,24). The van der Waals surface area contributed by atoms with Crippen LogP contribution in [0, 0.1) is 0 Å². The Bertz CT molecular complexity index is 982. The molecule has 0 radical (unpaired) electrons. The molecule has 11 heteroatoms. The quantitative estimate of drug-likeness (QED) is 0.658. The Balaban J connectivity index is 1.77. The van der Waals surface area contributed by atoms with E-state index in [0.717, 1.165) is 0 Å². The minimum absolute atomic E-state index is 0.0593. The number of nitrogens with one attached hydrogen (secondary N) is 1. The molecule has 0 aliphatic carbocycles. The summed E-state index contributed by atoms with van der Waals surface area (Å²) < 4.78 is 57.3. The highest BCUT2D eigenvalue weighted by Gasteiger charge is 2.26. The van der Waals surface area contributed by atoms with Crippen LogP contribution in [0.15, 0.2) is 52.3 Å². The predicted octanol–water partition coefficient (Wildman–Crippen LogP) is 3.93. The molecule has 0 bridgehead atoms. The van der Waals surface area contributed by atoms with Crippen molar-refractivity contribution in [3.8, 4) is 0 Å². The molecule has 1 aliphatic rings. The van der Waals surface area contributed by atoms with E-state index in [1.165, 1.54) is 46.8 Å². The van der Waals surface area contributed by atoms with Crippen LogP contribution in [0.5, 0.6) is 0 Å². The van der Waals surface area contributed by atoms with Crippen molar-refractivity contribution in [3.63, 3.8) is 0 Å². The summed E-state index contributed by atoms with van der Waals surface area (Å²) in [5, 5.41) is 2.64. The van der Waals surface area contributed by atoms with E-state index in [2.05, 4.69) is 5.32 Å². The van der Waals surface area contributed by atoms with Crippen molar-refractivity contribution in [3.05, 3.63) is 53.1 Å². The summed E-state index contributed by atoms with van der Waals surface area (Å²) in [6, 6.07) is 9.86. The second-order valence-corrected chi connectivity index (χ2v) is 9.34. The lowest BCUT2D eigenvalue weighted by Gasteiger charge is -2.26. The van der Waals surface area contributed by atoms with Crippen molar-refractivity contribution in [1.82, 2.24) is 4.31 Å². The van der Waals surface area contributed by atoms with Crippen LogP contribution in [0.4, 0.5) is 14.5 Å². The number of thioether (sulfide) groups is 1. The van der Waals surface area contributed by atoms with Crippen molar-refractivity contribution < 1.29 is 26.7 Å². The van der Waals surface area contributed by atoms with E-state index >= 15 is 0 Å². The summed E-state index contributed by atoms with van der Waals surface area (Å²) in [4.78, 5) is 12.6. The molecule has 29 heavy (non-hydrogen) atoms. The normalized spacial score (nSPS) is 15.4. The molecule has 6 nitrogen and oxygen atoms in total. The Morgan fingerprint density at radius 3 is 2.41 bits per heavy atom. The highest BCUT2D eigenvalue weighted by molar-refractivity contribution is 7.99. The van der Waals surface area contributed by atoms with Crippen LogP contribution >= 0.6 is 23.4 Å². The number of anilines is 1. The van der Waals surface area contributed by atoms with E-state index in [1.54, 1.807) is 0 Å². The van der Waals surface area contributed by atoms with Crippen molar-refractivity contribution in [2.24, 2.45) is 0 Å². The van der Waals surface area contributed by atoms with Crippen molar-refractivity contribution >= 4 is 45.0 Å². The van der Waals surface area contributed by atoms with E-state index in [4.69, 9.17) is 16.3 Å². The van der Waals surface area contributed by atoms with Gasteiger partial charge in [0, 0.05) is 18.7 Å². The van der Waals surface area contributed by atoms with Crippen molar-refractivity contribution in [1.29, 1.82) is 0 Å². The number of hydrogen-bond donors (Lipinski definition) is 1. The molecular formula is C18H17ClF2N2O4S2. The van der Waals surface area contributed by atoms with Crippen LogP contribution in [0.25, 0.3) is 0 Å². The topological polar surface area (TPSA) is 75.7 Å². The number of sulfonamides is 1. The number of benzene rings is 2. The Morgan fingerprint density at radius 1 is 1.14 bits per heavy atom. The summed E-state index contributed by atoms with van der Waals surface area (Å²) in [7, 11) is -3.67. The molecule has 1 saturated heterocycles. The van der Waals surface area contributed by atoms with E-state index in [9.17, 15) is 22.0 Å². The molecule has 1 fully saturated rings. The first kappa shape index (κ1) is 22.0. The molecule has 1 aliphatic heterocycles. The van der Waals surface area contributed by atoms with E-state index in [-0.39, 0.29) is 50.9 Å². The minimum Gasteiger partial charge on any atom is -0.379 e. The smallest absolute Gasteiger partial charge is 0.289 e. The first-order valence-electron chi connectivity index (χ1n) is 8.51. The van der Waals surface area contributed by atoms with Crippen LogP contribution in [-0.4, -0.2) is 50.7 Å². The number of morpholine rings is 1. The van der Waals surface area contributed by atoms with E-state index in [1.807, 2.05) is 0 Å². The third-order valence-corrected chi connectivity index (χ3v) is 7.34. The average Bonchev–Trinajstić information content (AvgIpc) is 2.71. The lowest BCUT2D eigenvalue weighted by atomic mass is 10.2. The van der Waals surface area contributed by atoms with Gasteiger partial charge in [-0.05, 0) is 36.4 Å². The molecule has 2 aromatic carbocycles. The van der Waals surface area contributed by atoms with Crippen molar-refractivity contribution in [2.45, 2.75) is 15.5 Å². The number of rotatable bonds is 6. The van der Waals surface area contributed by atoms with Gasteiger partial charge in [-0.1, -0.05) is 29.4 Å². The largest absolute Gasteiger partial charge is 0.379 e. The van der Waals surface area contributed by atoms with Gasteiger partial charge in [0.05, 0.1) is 33.7 Å². The van der Waals surface area contributed by atoms with Gasteiger partial charge in [-0.25, -0.2) is 8.42 Å². The maximum atomic E-state index is 12.8. The lowest BCUT2D eigenvalue weighted by molar-refractivity contribution is 0.0730. The zero-order valence-electron chi connectivity index (χ0n) is 15.0. The van der Waals surface area contributed by atoms with Gasteiger partial charge < -0.3 is 10.1 Å². The van der Waals surface area contributed by atoms with E-state index in [0.29, 0.717) is 13.2 Å². The summed E-state index contributed by atoms with van der Waals surface area (Å²) in [6.07, 6.45) is 0. The number of nitrogens with zero attached hydrogens (tertiary/aromatic N) is 1. The Labute approximate surface area is 176 Å². The van der Waals surface area contributed by atoms with Gasteiger partial charge in [-0.15, -0.1) is 0 Å². The number of alkyl halides is 2. The fraction of sp³-hybridized carbons (Fsp3) is 0.278. The summed E-state index contributed by atoms with van der Waals surface area (Å²) in [6.45, 7) is 1.20. The van der Waals surface area contributed by atoms with Gasteiger partial charge in [0.1, 0.15) is 0 Å². The van der Waals surface area contributed by atoms with Crippen LogP contribution in [0.3, 0.4) is 0 Å². The van der Waals surface area contributed by atoms with Gasteiger partial charge in [-0.2, -0.15) is 13.1 Å².